The lowest BCUT2D eigenvalue weighted by Crippen LogP contribution is -2.17. The number of carbonyl (C=O) groups excluding carboxylic acids is 1. The minimum Gasteiger partial charge on any atom is -0.433 e. The van der Waals surface area contributed by atoms with E-state index in [-0.39, 0.29) is 22.7 Å². The van der Waals surface area contributed by atoms with Gasteiger partial charge in [-0.15, -0.1) is 0 Å². The summed E-state index contributed by atoms with van der Waals surface area (Å²) in [5.41, 5.74) is 0.525. The van der Waals surface area contributed by atoms with Crippen LogP contribution in [0.2, 0.25) is 0 Å². The number of hydrogen-bond acceptors (Lipinski definition) is 5. The Labute approximate surface area is 147 Å². The maximum atomic E-state index is 12.4. The van der Waals surface area contributed by atoms with Gasteiger partial charge in [0.05, 0.1) is 11.4 Å². The number of ether oxygens (including phenoxy) is 1. The van der Waals surface area contributed by atoms with Gasteiger partial charge < -0.3 is 15.0 Å². The molecular weight excluding hydrogens is 352 g/mol. The molecular formula is C16H17F2N3O3S. The van der Waals surface area contributed by atoms with Crippen LogP contribution >= 0.6 is 11.8 Å². The summed E-state index contributed by atoms with van der Waals surface area (Å²) >= 11 is 1.05. The molecule has 0 aliphatic carbocycles. The average Bonchev–Trinajstić information content (AvgIpc) is 2.54. The number of aryl methyl sites for hydroxylation is 1. The van der Waals surface area contributed by atoms with E-state index in [0.29, 0.717) is 17.3 Å². The second-order valence-corrected chi connectivity index (χ2v) is 5.97. The van der Waals surface area contributed by atoms with E-state index in [9.17, 15) is 18.4 Å². The number of aromatic amines is 1. The second kappa shape index (κ2) is 9.16. The lowest BCUT2D eigenvalue weighted by molar-refractivity contribution is -0.113. The van der Waals surface area contributed by atoms with Crippen molar-refractivity contribution in [1.82, 2.24) is 9.97 Å². The molecule has 2 rings (SSSR count). The minimum absolute atomic E-state index is 0.0401. The van der Waals surface area contributed by atoms with Crippen molar-refractivity contribution < 1.29 is 18.3 Å². The fourth-order valence-electron chi connectivity index (χ4n) is 2.02. The van der Waals surface area contributed by atoms with Crippen LogP contribution in [0.15, 0.2) is 40.3 Å². The van der Waals surface area contributed by atoms with Gasteiger partial charge in [-0.25, -0.2) is 4.98 Å². The van der Waals surface area contributed by atoms with Crippen LogP contribution in [0.4, 0.5) is 14.5 Å². The summed E-state index contributed by atoms with van der Waals surface area (Å²) in [5.74, 6) is -0.590. The smallest absolute Gasteiger partial charge is 0.387 e. The number of hydrogen-bond donors (Lipinski definition) is 2. The molecule has 0 bridgehead atoms. The van der Waals surface area contributed by atoms with E-state index in [0.717, 1.165) is 18.2 Å². The SMILES string of the molecule is CCCc1cc(=O)[nH]c(SCC(=O)Nc2ccccc2OC(F)F)n1. The first kappa shape index (κ1) is 18.9. The third-order valence-electron chi connectivity index (χ3n) is 3.00. The number of H-pyrrole nitrogens is 1. The summed E-state index contributed by atoms with van der Waals surface area (Å²) in [6.45, 7) is -1.01. The van der Waals surface area contributed by atoms with Gasteiger partial charge in [0.15, 0.2) is 5.16 Å². The van der Waals surface area contributed by atoms with Crippen LogP contribution < -0.4 is 15.6 Å². The summed E-state index contributed by atoms with van der Waals surface area (Å²) < 4.78 is 29.1. The number of nitrogens with zero attached hydrogens (tertiary/aromatic N) is 1. The van der Waals surface area contributed by atoms with Crippen molar-refractivity contribution in [2.45, 2.75) is 31.5 Å². The molecule has 0 atom stereocenters. The van der Waals surface area contributed by atoms with Gasteiger partial charge in [0.1, 0.15) is 5.75 Å². The highest BCUT2D eigenvalue weighted by Crippen LogP contribution is 2.25. The molecule has 0 aliphatic heterocycles. The third-order valence-corrected chi connectivity index (χ3v) is 3.87. The zero-order chi connectivity index (χ0) is 18.2. The first-order valence-electron chi connectivity index (χ1n) is 7.54. The van der Waals surface area contributed by atoms with E-state index < -0.39 is 12.5 Å². The summed E-state index contributed by atoms with van der Waals surface area (Å²) in [5, 5.41) is 2.84. The minimum atomic E-state index is -2.98. The molecule has 0 radical (unpaired) electrons. The van der Waals surface area contributed by atoms with Crippen molar-refractivity contribution >= 4 is 23.4 Å². The summed E-state index contributed by atoms with van der Waals surface area (Å²) in [6, 6.07) is 7.33. The van der Waals surface area contributed by atoms with Crippen molar-refractivity contribution in [1.29, 1.82) is 0 Å². The molecule has 1 aromatic heterocycles. The van der Waals surface area contributed by atoms with Crippen LogP contribution in [0.5, 0.6) is 5.75 Å². The zero-order valence-electron chi connectivity index (χ0n) is 13.4. The largest absolute Gasteiger partial charge is 0.433 e. The number of halogens is 2. The van der Waals surface area contributed by atoms with Crippen molar-refractivity contribution in [2.24, 2.45) is 0 Å². The number of amides is 1. The predicted octanol–water partition coefficient (Wildman–Crippen LogP) is 3.05. The van der Waals surface area contributed by atoms with Crippen molar-refractivity contribution in [3.05, 3.63) is 46.4 Å². The van der Waals surface area contributed by atoms with Crippen LogP contribution in [0.1, 0.15) is 19.0 Å². The number of thioether (sulfide) groups is 1. The summed E-state index contributed by atoms with van der Waals surface area (Å²) in [6.07, 6.45) is 1.52. The number of rotatable bonds is 8. The Kier molecular flexibility index (Phi) is 6.93. The van der Waals surface area contributed by atoms with E-state index in [2.05, 4.69) is 20.0 Å². The van der Waals surface area contributed by atoms with Gasteiger partial charge in [0.25, 0.3) is 5.56 Å². The number of aromatic nitrogens is 2. The molecule has 1 aromatic carbocycles. The first-order valence-corrected chi connectivity index (χ1v) is 8.53. The Morgan fingerprint density at radius 3 is 2.88 bits per heavy atom. The van der Waals surface area contributed by atoms with E-state index in [4.69, 9.17) is 0 Å². The molecule has 9 heteroatoms. The molecule has 6 nitrogen and oxygen atoms in total. The number of alkyl halides is 2. The summed E-state index contributed by atoms with van der Waals surface area (Å²) in [7, 11) is 0. The highest BCUT2D eigenvalue weighted by atomic mass is 32.2. The number of benzene rings is 1. The molecule has 25 heavy (non-hydrogen) atoms. The van der Waals surface area contributed by atoms with Crippen LogP contribution in [-0.2, 0) is 11.2 Å². The number of carbonyl (C=O) groups is 1. The summed E-state index contributed by atoms with van der Waals surface area (Å²) in [4.78, 5) is 30.4. The van der Waals surface area contributed by atoms with Crippen LogP contribution in [0, 0.1) is 0 Å². The Balaban J connectivity index is 1.99. The lowest BCUT2D eigenvalue weighted by Gasteiger charge is -2.11. The van der Waals surface area contributed by atoms with Crippen LogP contribution in [0.3, 0.4) is 0 Å². The fourth-order valence-corrected chi connectivity index (χ4v) is 2.72. The second-order valence-electron chi connectivity index (χ2n) is 5.00. The molecule has 0 fully saturated rings. The van der Waals surface area contributed by atoms with Crippen molar-refractivity contribution in [2.75, 3.05) is 11.1 Å². The maximum absolute atomic E-state index is 12.4. The number of para-hydroxylation sites is 2. The topological polar surface area (TPSA) is 84.1 Å². The third kappa shape index (κ3) is 6.18. The Hall–Kier alpha value is -2.42. The van der Waals surface area contributed by atoms with Gasteiger partial charge in [-0.1, -0.05) is 37.2 Å². The van der Waals surface area contributed by atoms with Gasteiger partial charge in [0.2, 0.25) is 5.91 Å². The first-order chi connectivity index (χ1) is 12.0. The molecule has 2 N–H and O–H groups in total. The van der Waals surface area contributed by atoms with Crippen molar-refractivity contribution in [3.8, 4) is 5.75 Å². The molecule has 0 spiro atoms. The highest BCUT2D eigenvalue weighted by molar-refractivity contribution is 7.99. The van der Waals surface area contributed by atoms with E-state index in [1.807, 2.05) is 6.92 Å². The van der Waals surface area contributed by atoms with E-state index >= 15 is 0 Å². The van der Waals surface area contributed by atoms with Gasteiger partial charge in [-0.3, -0.25) is 9.59 Å². The Morgan fingerprint density at radius 2 is 2.16 bits per heavy atom. The molecule has 1 heterocycles. The van der Waals surface area contributed by atoms with Gasteiger partial charge in [-0.05, 0) is 18.6 Å². The Bertz CT molecular complexity index is 783. The molecule has 134 valence electrons. The van der Waals surface area contributed by atoms with E-state index in [1.165, 1.54) is 24.3 Å². The molecule has 0 aliphatic rings. The predicted molar refractivity (Wildman–Crippen MR) is 91.3 cm³/mol. The monoisotopic (exact) mass is 369 g/mol. The fraction of sp³-hybridized carbons (Fsp3) is 0.312. The number of nitrogens with one attached hydrogen (secondary N) is 2. The van der Waals surface area contributed by atoms with Crippen LogP contribution in [-0.4, -0.2) is 28.2 Å². The standard InChI is InChI=1S/C16H17F2N3O3S/c1-2-5-10-8-13(22)21-16(19-10)25-9-14(23)20-11-6-3-4-7-12(11)24-15(17)18/h3-4,6-8,15H,2,5,9H2,1H3,(H,20,23)(H,19,21,22). The molecule has 2 aromatic rings. The molecule has 1 amide bonds. The lowest BCUT2D eigenvalue weighted by atomic mass is 10.2. The zero-order valence-corrected chi connectivity index (χ0v) is 14.2. The normalized spacial score (nSPS) is 10.7. The molecule has 0 unspecified atom stereocenters. The van der Waals surface area contributed by atoms with Gasteiger partial charge in [0, 0.05) is 11.8 Å². The molecule has 0 saturated carbocycles. The van der Waals surface area contributed by atoms with Gasteiger partial charge >= 0.3 is 6.61 Å². The van der Waals surface area contributed by atoms with Crippen molar-refractivity contribution in [3.63, 3.8) is 0 Å². The van der Waals surface area contributed by atoms with Gasteiger partial charge in [-0.2, -0.15) is 8.78 Å². The Morgan fingerprint density at radius 1 is 1.40 bits per heavy atom. The quantitative estimate of drug-likeness (QED) is 0.552. The highest BCUT2D eigenvalue weighted by Gasteiger charge is 2.12. The van der Waals surface area contributed by atoms with E-state index in [1.54, 1.807) is 6.07 Å². The molecule has 0 saturated heterocycles. The van der Waals surface area contributed by atoms with Crippen LogP contribution in [0.25, 0.3) is 0 Å². The average molecular weight is 369 g/mol. The maximum Gasteiger partial charge on any atom is 0.387 e. The number of anilines is 1.